The van der Waals surface area contributed by atoms with Crippen LogP contribution in [0.4, 0.5) is 0 Å². The molecule has 3 nitrogen and oxygen atoms in total. The molecule has 1 aromatic heterocycles. The summed E-state index contributed by atoms with van der Waals surface area (Å²) in [6.07, 6.45) is 6.63. The largest absolute Gasteiger partial charge is 0.475 e. The van der Waals surface area contributed by atoms with Crippen molar-refractivity contribution in [3.63, 3.8) is 0 Å². The first-order chi connectivity index (χ1) is 8.43. The molecule has 0 N–H and O–H groups in total. The number of hydrogen-bond donors (Lipinski definition) is 0. The van der Waals surface area contributed by atoms with E-state index in [1.54, 1.807) is 6.20 Å². The minimum Gasteiger partial charge on any atom is -0.475 e. The molecule has 0 unspecified atom stereocenters. The van der Waals surface area contributed by atoms with Crippen LogP contribution in [0.5, 0.6) is 5.88 Å². The predicted molar refractivity (Wildman–Crippen MR) is 72.8 cm³/mol. The Morgan fingerprint density at radius 2 is 1.88 bits per heavy atom. The van der Waals surface area contributed by atoms with Crippen LogP contribution in [-0.2, 0) is 4.74 Å². The number of rotatable bonds is 10. The maximum atomic E-state index is 5.47. The van der Waals surface area contributed by atoms with Crippen LogP contribution >= 0.6 is 15.9 Å². The second kappa shape index (κ2) is 10.5. The molecule has 0 fully saturated rings. The first-order valence-corrected chi connectivity index (χ1v) is 7.23. The van der Waals surface area contributed by atoms with Gasteiger partial charge in [0.05, 0.1) is 6.61 Å². The van der Waals surface area contributed by atoms with Gasteiger partial charge in [-0.05, 0) is 18.9 Å². The molecule has 0 aliphatic heterocycles. The van der Waals surface area contributed by atoms with Crippen LogP contribution in [0.3, 0.4) is 0 Å². The standard InChI is InChI=1S/C13H20BrNO2/c14-8-4-1-2-6-10-16-11-12-17-13-7-3-5-9-15-13/h3,5,7,9H,1-2,4,6,8,10-12H2. The topological polar surface area (TPSA) is 31.4 Å². The van der Waals surface area contributed by atoms with Gasteiger partial charge in [-0.25, -0.2) is 4.98 Å². The summed E-state index contributed by atoms with van der Waals surface area (Å²) in [5.41, 5.74) is 0. The van der Waals surface area contributed by atoms with Crippen molar-refractivity contribution in [1.82, 2.24) is 4.98 Å². The summed E-state index contributed by atoms with van der Waals surface area (Å²) in [5.74, 6) is 0.661. The Labute approximate surface area is 112 Å². The van der Waals surface area contributed by atoms with E-state index in [1.807, 2.05) is 18.2 Å². The monoisotopic (exact) mass is 301 g/mol. The second-order valence-electron chi connectivity index (χ2n) is 3.73. The van der Waals surface area contributed by atoms with Crippen LogP contribution < -0.4 is 4.74 Å². The highest BCUT2D eigenvalue weighted by atomic mass is 79.9. The Balaban J connectivity index is 1.85. The van der Waals surface area contributed by atoms with Gasteiger partial charge in [0.15, 0.2) is 0 Å². The first kappa shape index (κ1) is 14.5. The van der Waals surface area contributed by atoms with Crippen molar-refractivity contribution in [2.24, 2.45) is 0 Å². The number of alkyl halides is 1. The van der Waals surface area contributed by atoms with Gasteiger partial charge in [0, 0.05) is 24.2 Å². The Hall–Kier alpha value is -0.610. The first-order valence-electron chi connectivity index (χ1n) is 6.11. The molecule has 1 aromatic rings. The molecule has 0 bridgehead atoms. The maximum absolute atomic E-state index is 5.47. The summed E-state index contributed by atoms with van der Waals surface area (Å²) in [7, 11) is 0. The molecule has 0 saturated carbocycles. The molecule has 96 valence electrons. The lowest BCUT2D eigenvalue weighted by molar-refractivity contribution is 0.0956. The zero-order valence-corrected chi connectivity index (χ0v) is 11.7. The predicted octanol–water partition coefficient (Wildman–Crippen LogP) is 3.43. The van der Waals surface area contributed by atoms with Crippen molar-refractivity contribution in [1.29, 1.82) is 0 Å². The number of hydrogen-bond acceptors (Lipinski definition) is 3. The summed E-state index contributed by atoms with van der Waals surface area (Å²) in [6, 6.07) is 5.63. The van der Waals surface area contributed by atoms with E-state index in [2.05, 4.69) is 20.9 Å². The minimum absolute atomic E-state index is 0.568. The Morgan fingerprint density at radius 3 is 2.65 bits per heavy atom. The van der Waals surface area contributed by atoms with Gasteiger partial charge in [0.2, 0.25) is 5.88 Å². The molecule has 0 radical (unpaired) electrons. The number of unbranched alkanes of at least 4 members (excludes halogenated alkanes) is 3. The zero-order valence-electron chi connectivity index (χ0n) is 10.1. The quantitative estimate of drug-likeness (QED) is 0.490. The normalized spacial score (nSPS) is 10.4. The average Bonchev–Trinajstić information content (AvgIpc) is 2.38. The lowest BCUT2D eigenvalue weighted by Gasteiger charge is -2.06. The third-order valence-electron chi connectivity index (χ3n) is 2.29. The molecule has 0 aliphatic carbocycles. The van der Waals surface area contributed by atoms with Crippen molar-refractivity contribution in [2.75, 3.05) is 25.2 Å². The minimum atomic E-state index is 0.568. The highest BCUT2D eigenvalue weighted by molar-refractivity contribution is 9.09. The molecule has 0 atom stereocenters. The van der Waals surface area contributed by atoms with Crippen molar-refractivity contribution >= 4 is 15.9 Å². The van der Waals surface area contributed by atoms with Gasteiger partial charge >= 0.3 is 0 Å². The molecule has 0 spiro atoms. The zero-order chi connectivity index (χ0) is 12.2. The van der Waals surface area contributed by atoms with Crippen molar-refractivity contribution in [2.45, 2.75) is 25.7 Å². The molecular weight excluding hydrogens is 282 g/mol. The molecule has 4 heteroatoms. The van der Waals surface area contributed by atoms with E-state index < -0.39 is 0 Å². The molecular formula is C13H20BrNO2. The van der Waals surface area contributed by atoms with Crippen molar-refractivity contribution in [3.8, 4) is 5.88 Å². The van der Waals surface area contributed by atoms with Crippen LogP contribution in [0.15, 0.2) is 24.4 Å². The smallest absolute Gasteiger partial charge is 0.213 e. The molecule has 0 aromatic carbocycles. The number of nitrogens with zero attached hydrogens (tertiary/aromatic N) is 1. The van der Waals surface area contributed by atoms with Crippen LogP contribution in [0.2, 0.25) is 0 Å². The fourth-order valence-electron chi connectivity index (χ4n) is 1.39. The molecule has 17 heavy (non-hydrogen) atoms. The highest BCUT2D eigenvalue weighted by Gasteiger charge is 1.94. The summed E-state index contributed by atoms with van der Waals surface area (Å²) < 4.78 is 10.9. The number of ether oxygens (including phenoxy) is 2. The van der Waals surface area contributed by atoms with Gasteiger partial charge in [-0.3, -0.25) is 0 Å². The number of pyridine rings is 1. The maximum Gasteiger partial charge on any atom is 0.213 e. The third-order valence-corrected chi connectivity index (χ3v) is 2.85. The van der Waals surface area contributed by atoms with E-state index in [9.17, 15) is 0 Å². The van der Waals surface area contributed by atoms with Gasteiger partial charge in [-0.2, -0.15) is 0 Å². The van der Waals surface area contributed by atoms with E-state index in [0.29, 0.717) is 19.1 Å². The molecule has 0 amide bonds. The SMILES string of the molecule is BrCCCCCCOCCOc1ccccn1. The number of halogens is 1. The van der Waals surface area contributed by atoms with Crippen LogP contribution in [0.25, 0.3) is 0 Å². The molecule has 0 saturated heterocycles. The van der Waals surface area contributed by atoms with Crippen molar-refractivity contribution in [3.05, 3.63) is 24.4 Å². The Kier molecular flexibility index (Phi) is 8.96. The van der Waals surface area contributed by atoms with E-state index in [0.717, 1.165) is 18.4 Å². The summed E-state index contributed by atoms with van der Waals surface area (Å²) >= 11 is 3.42. The van der Waals surface area contributed by atoms with Crippen LogP contribution in [-0.4, -0.2) is 30.1 Å². The van der Waals surface area contributed by atoms with E-state index in [-0.39, 0.29) is 0 Å². The van der Waals surface area contributed by atoms with Gasteiger partial charge < -0.3 is 9.47 Å². The van der Waals surface area contributed by atoms with Gasteiger partial charge in [-0.1, -0.05) is 34.8 Å². The van der Waals surface area contributed by atoms with Gasteiger partial charge in [-0.15, -0.1) is 0 Å². The lowest BCUT2D eigenvalue weighted by Crippen LogP contribution is -2.08. The molecule has 0 aliphatic rings. The third kappa shape index (κ3) is 8.16. The van der Waals surface area contributed by atoms with E-state index in [4.69, 9.17) is 9.47 Å². The summed E-state index contributed by atoms with van der Waals surface area (Å²) in [4.78, 5) is 4.06. The second-order valence-corrected chi connectivity index (χ2v) is 4.53. The number of aromatic nitrogens is 1. The summed E-state index contributed by atoms with van der Waals surface area (Å²) in [6.45, 7) is 2.03. The molecule has 1 heterocycles. The Morgan fingerprint density at radius 1 is 1.00 bits per heavy atom. The fraction of sp³-hybridized carbons (Fsp3) is 0.615. The van der Waals surface area contributed by atoms with E-state index in [1.165, 1.54) is 19.3 Å². The van der Waals surface area contributed by atoms with Crippen molar-refractivity contribution < 1.29 is 9.47 Å². The Bertz CT molecular complexity index is 269. The molecule has 1 rings (SSSR count). The van der Waals surface area contributed by atoms with E-state index >= 15 is 0 Å². The van der Waals surface area contributed by atoms with Gasteiger partial charge in [0.25, 0.3) is 0 Å². The average molecular weight is 302 g/mol. The fourth-order valence-corrected chi connectivity index (χ4v) is 1.79. The summed E-state index contributed by atoms with van der Waals surface area (Å²) in [5, 5.41) is 1.10. The van der Waals surface area contributed by atoms with Crippen LogP contribution in [0.1, 0.15) is 25.7 Å². The lowest BCUT2D eigenvalue weighted by atomic mass is 10.2. The highest BCUT2D eigenvalue weighted by Crippen LogP contribution is 2.03. The van der Waals surface area contributed by atoms with Crippen LogP contribution in [0, 0.1) is 0 Å². The van der Waals surface area contributed by atoms with Gasteiger partial charge in [0.1, 0.15) is 6.61 Å².